The van der Waals surface area contributed by atoms with Crippen LogP contribution < -0.4 is 11.3 Å². The molecule has 0 aromatic carbocycles. The SMILES string of the molecule is C=CCCC(NN)C1OCCC1C. The second kappa shape index (κ2) is 5.37. The molecule has 1 aliphatic heterocycles. The van der Waals surface area contributed by atoms with Crippen molar-refractivity contribution in [3.63, 3.8) is 0 Å². The molecule has 0 aromatic heterocycles. The Morgan fingerprint density at radius 1 is 1.77 bits per heavy atom. The zero-order valence-electron chi connectivity index (χ0n) is 8.33. The number of hydrogen-bond donors (Lipinski definition) is 2. The van der Waals surface area contributed by atoms with Crippen molar-refractivity contribution >= 4 is 0 Å². The molecule has 0 aromatic rings. The second-order valence-corrected chi connectivity index (χ2v) is 3.74. The fraction of sp³-hybridized carbons (Fsp3) is 0.800. The van der Waals surface area contributed by atoms with Crippen molar-refractivity contribution in [1.29, 1.82) is 0 Å². The fourth-order valence-electron chi connectivity index (χ4n) is 1.87. The quantitative estimate of drug-likeness (QED) is 0.383. The van der Waals surface area contributed by atoms with Crippen molar-refractivity contribution in [1.82, 2.24) is 5.43 Å². The van der Waals surface area contributed by atoms with E-state index in [2.05, 4.69) is 18.9 Å². The molecule has 1 saturated heterocycles. The minimum atomic E-state index is 0.274. The predicted octanol–water partition coefficient (Wildman–Crippen LogP) is 1.21. The Balaban J connectivity index is 2.39. The van der Waals surface area contributed by atoms with Crippen LogP contribution in [0.15, 0.2) is 12.7 Å². The van der Waals surface area contributed by atoms with Crippen molar-refractivity contribution in [3.8, 4) is 0 Å². The van der Waals surface area contributed by atoms with E-state index >= 15 is 0 Å². The number of rotatable bonds is 5. The molecule has 0 radical (unpaired) electrons. The van der Waals surface area contributed by atoms with Gasteiger partial charge in [-0.15, -0.1) is 6.58 Å². The van der Waals surface area contributed by atoms with E-state index in [1.807, 2.05) is 6.08 Å². The molecule has 1 rings (SSSR count). The summed E-state index contributed by atoms with van der Waals surface area (Å²) >= 11 is 0. The van der Waals surface area contributed by atoms with Crippen LogP contribution in [0.4, 0.5) is 0 Å². The average Bonchev–Trinajstić information content (AvgIpc) is 2.54. The molecule has 0 amide bonds. The number of hydrazine groups is 1. The van der Waals surface area contributed by atoms with Crippen LogP contribution in [0.3, 0.4) is 0 Å². The van der Waals surface area contributed by atoms with E-state index < -0.39 is 0 Å². The maximum Gasteiger partial charge on any atom is 0.0767 e. The maximum absolute atomic E-state index is 5.64. The standard InChI is InChI=1S/C10H20N2O/c1-3-4-5-9(12-11)10-8(2)6-7-13-10/h3,8-10,12H,1,4-7,11H2,2H3. The molecule has 3 unspecified atom stereocenters. The predicted molar refractivity (Wildman–Crippen MR) is 54.1 cm³/mol. The highest BCUT2D eigenvalue weighted by atomic mass is 16.5. The molecule has 1 aliphatic rings. The van der Waals surface area contributed by atoms with Gasteiger partial charge in [0.05, 0.1) is 6.10 Å². The topological polar surface area (TPSA) is 47.3 Å². The fourth-order valence-corrected chi connectivity index (χ4v) is 1.87. The zero-order valence-corrected chi connectivity index (χ0v) is 8.33. The van der Waals surface area contributed by atoms with E-state index in [1.165, 1.54) is 0 Å². The third-order valence-corrected chi connectivity index (χ3v) is 2.74. The molecule has 13 heavy (non-hydrogen) atoms. The van der Waals surface area contributed by atoms with Crippen molar-refractivity contribution in [2.75, 3.05) is 6.61 Å². The van der Waals surface area contributed by atoms with Gasteiger partial charge in [0.15, 0.2) is 0 Å². The van der Waals surface area contributed by atoms with Gasteiger partial charge in [-0.05, 0) is 25.2 Å². The minimum Gasteiger partial charge on any atom is -0.376 e. The average molecular weight is 184 g/mol. The van der Waals surface area contributed by atoms with Gasteiger partial charge in [0.2, 0.25) is 0 Å². The molecule has 0 bridgehead atoms. The van der Waals surface area contributed by atoms with E-state index in [0.717, 1.165) is 25.9 Å². The molecule has 3 atom stereocenters. The third-order valence-electron chi connectivity index (χ3n) is 2.74. The summed E-state index contributed by atoms with van der Waals surface area (Å²) < 4.78 is 5.64. The van der Waals surface area contributed by atoms with Crippen molar-refractivity contribution in [2.24, 2.45) is 11.8 Å². The Bertz CT molecular complexity index is 161. The molecule has 0 spiro atoms. The minimum absolute atomic E-state index is 0.274. The Hall–Kier alpha value is -0.380. The van der Waals surface area contributed by atoms with E-state index in [9.17, 15) is 0 Å². The lowest BCUT2D eigenvalue weighted by Gasteiger charge is -2.24. The number of ether oxygens (including phenoxy) is 1. The van der Waals surface area contributed by atoms with E-state index in [-0.39, 0.29) is 12.1 Å². The van der Waals surface area contributed by atoms with Gasteiger partial charge in [-0.1, -0.05) is 13.0 Å². The highest BCUT2D eigenvalue weighted by Crippen LogP contribution is 2.24. The lowest BCUT2D eigenvalue weighted by molar-refractivity contribution is 0.0586. The van der Waals surface area contributed by atoms with Crippen LogP contribution in [0.25, 0.3) is 0 Å². The summed E-state index contributed by atoms with van der Waals surface area (Å²) in [6.45, 7) is 6.79. The first-order valence-corrected chi connectivity index (χ1v) is 4.98. The van der Waals surface area contributed by atoms with Crippen LogP contribution in [-0.2, 0) is 4.74 Å². The molecule has 0 aliphatic carbocycles. The Kier molecular flexibility index (Phi) is 4.42. The van der Waals surface area contributed by atoms with Crippen molar-refractivity contribution < 1.29 is 4.74 Å². The summed E-state index contributed by atoms with van der Waals surface area (Å²) in [5.41, 5.74) is 2.84. The Morgan fingerprint density at radius 2 is 2.54 bits per heavy atom. The summed E-state index contributed by atoms with van der Waals surface area (Å²) in [5.74, 6) is 6.11. The van der Waals surface area contributed by atoms with Gasteiger partial charge in [-0.25, -0.2) is 0 Å². The lowest BCUT2D eigenvalue weighted by atomic mass is 9.95. The van der Waals surface area contributed by atoms with Crippen molar-refractivity contribution in [2.45, 2.75) is 38.3 Å². The normalized spacial score (nSPS) is 30.3. The van der Waals surface area contributed by atoms with E-state index in [4.69, 9.17) is 10.6 Å². The van der Waals surface area contributed by atoms with E-state index in [1.54, 1.807) is 0 Å². The number of allylic oxidation sites excluding steroid dienone is 1. The summed E-state index contributed by atoms with van der Waals surface area (Å²) in [7, 11) is 0. The molecule has 3 N–H and O–H groups in total. The summed E-state index contributed by atoms with van der Waals surface area (Å²) in [5, 5.41) is 0. The molecular weight excluding hydrogens is 164 g/mol. The lowest BCUT2D eigenvalue weighted by Crippen LogP contribution is -2.45. The van der Waals surface area contributed by atoms with E-state index in [0.29, 0.717) is 5.92 Å². The molecule has 3 nitrogen and oxygen atoms in total. The Labute approximate surface area is 80.3 Å². The summed E-state index contributed by atoms with van der Waals surface area (Å²) in [6, 6.07) is 0.274. The largest absolute Gasteiger partial charge is 0.376 e. The smallest absolute Gasteiger partial charge is 0.0767 e. The number of hydrogen-bond acceptors (Lipinski definition) is 3. The number of nitrogens with one attached hydrogen (secondary N) is 1. The highest BCUT2D eigenvalue weighted by molar-refractivity contribution is 4.85. The summed E-state index contributed by atoms with van der Waals surface area (Å²) in [4.78, 5) is 0. The van der Waals surface area contributed by atoms with Gasteiger partial charge in [0.25, 0.3) is 0 Å². The molecule has 0 saturated carbocycles. The first-order chi connectivity index (χ1) is 6.29. The third kappa shape index (κ3) is 2.79. The molecule has 1 fully saturated rings. The van der Waals surface area contributed by atoms with Crippen LogP contribution in [-0.4, -0.2) is 18.8 Å². The van der Waals surface area contributed by atoms with Crippen LogP contribution in [0.2, 0.25) is 0 Å². The maximum atomic E-state index is 5.64. The first kappa shape index (κ1) is 10.7. The monoisotopic (exact) mass is 184 g/mol. The highest BCUT2D eigenvalue weighted by Gasteiger charge is 2.30. The summed E-state index contributed by atoms with van der Waals surface area (Å²) in [6.07, 6.45) is 5.35. The van der Waals surface area contributed by atoms with Gasteiger partial charge in [-0.3, -0.25) is 11.3 Å². The molecule has 3 heteroatoms. The Morgan fingerprint density at radius 3 is 3.00 bits per heavy atom. The zero-order chi connectivity index (χ0) is 9.68. The van der Waals surface area contributed by atoms with Crippen LogP contribution in [0, 0.1) is 5.92 Å². The second-order valence-electron chi connectivity index (χ2n) is 3.74. The molecule has 1 heterocycles. The number of nitrogens with two attached hydrogens (primary N) is 1. The molecule has 76 valence electrons. The van der Waals surface area contributed by atoms with Gasteiger partial charge in [0, 0.05) is 12.6 Å². The van der Waals surface area contributed by atoms with Gasteiger partial charge < -0.3 is 4.74 Å². The van der Waals surface area contributed by atoms with Crippen LogP contribution >= 0.6 is 0 Å². The van der Waals surface area contributed by atoms with Crippen LogP contribution in [0.5, 0.6) is 0 Å². The van der Waals surface area contributed by atoms with Gasteiger partial charge in [0.1, 0.15) is 0 Å². The molecular formula is C10H20N2O. The van der Waals surface area contributed by atoms with Crippen molar-refractivity contribution in [3.05, 3.63) is 12.7 Å². The first-order valence-electron chi connectivity index (χ1n) is 4.98. The van der Waals surface area contributed by atoms with Gasteiger partial charge >= 0.3 is 0 Å². The van der Waals surface area contributed by atoms with Crippen LogP contribution in [0.1, 0.15) is 26.2 Å². The van der Waals surface area contributed by atoms with Gasteiger partial charge in [-0.2, -0.15) is 0 Å².